The molecule has 0 heterocycles. The topological polar surface area (TPSA) is 15.7 Å². The van der Waals surface area contributed by atoms with Crippen LogP contribution in [0.2, 0.25) is 0 Å². The summed E-state index contributed by atoms with van der Waals surface area (Å²) in [5.74, 6) is 2.42. The molecule has 0 bridgehead atoms. The third-order valence-corrected chi connectivity index (χ3v) is 27.1. The van der Waals surface area contributed by atoms with Crippen molar-refractivity contribution >= 4 is 34.1 Å². The highest BCUT2D eigenvalue weighted by molar-refractivity contribution is 5.93. The van der Waals surface area contributed by atoms with Crippen molar-refractivity contribution in [2.24, 2.45) is 0 Å². The summed E-state index contributed by atoms with van der Waals surface area (Å²) < 4.78 is 6.90. The Labute approximate surface area is 706 Å². The second-order valence-corrected chi connectivity index (χ2v) is 34.6. The first-order chi connectivity index (χ1) is 58.8. The normalized spacial score (nSPS) is 14.2. The molecule has 3 heteroatoms. The Hall–Kier alpha value is -13.9. The molecule has 578 valence electrons. The van der Waals surface area contributed by atoms with Gasteiger partial charge >= 0.3 is 0 Å². The van der Waals surface area contributed by atoms with Crippen LogP contribution in [0, 0.1) is 0 Å². The lowest BCUT2D eigenvalue weighted by Crippen LogP contribution is -2.28. The molecule has 0 aliphatic heterocycles. The molecular weight excluding hydrogens is 1450 g/mol. The number of hydrogen-bond donors (Lipinski definition) is 0. The summed E-state index contributed by atoms with van der Waals surface area (Å²) in [5.41, 5.74) is 41.0. The first-order valence-electron chi connectivity index (χ1n) is 42.9. The van der Waals surface area contributed by atoms with Gasteiger partial charge in [-0.15, -0.1) is 0 Å². The molecule has 4 aliphatic carbocycles. The number of fused-ring (bicyclic) bond motifs is 10. The quantitative estimate of drug-likeness (QED) is 0.0756. The molecule has 21 rings (SSSR count). The van der Waals surface area contributed by atoms with Crippen molar-refractivity contribution in [2.45, 2.75) is 95.3 Å². The van der Waals surface area contributed by atoms with Gasteiger partial charge in [0.2, 0.25) is 0 Å². The van der Waals surface area contributed by atoms with E-state index in [4.69, 9.17) is 4.74 Å². The monoisotopic (exact) mass is 1540 g/mol. The van der Waals surface area contributed by atoms with E-state index in [1.807, 2.05) is 0 Å². The van der Waals surface area contributed by atoms with E-state index in [1.54, 1.807) is 0 Å². The Morgan fingerprint density at radius 1 is 0.267 bits per heavy atom. The van der Waals surface area contributed by atoms with Gasteiger partial charge in [0.05, 0.1) is 5.41 Å². The molecule has 2 atom stereocenters. The average Bonchev–Trinajstić information content (AvgIpc) is 1.53. The highest BCUT2D eigenvalue weighted by atomic mass is 16.5. The second kappa shape index (κ2) is 29.9. The largest absolute Gasteiger partial charge is 0.457 e. The number of benzene rings is 17. The summed E-state index contributed by atoms with van der Waals surface area (Å²) in [6, 6.07) is 150. The number of anilines is 6. The van der Waals surface area contributed by atoms with E-state index in [-0.39, 0.29) is 10.8 Å². The molecule has 0 fully saturated rings. The first kappa shape index (κ1) is 73.7. The van der Waals surface area contributed by atoms with Crippen LogP contribution in [0.3, 0.4) is 0 Å². The van der Waals surface area contributed by atoms with Crippen LogP contribution in [0.15, 0.2) is 400 Å². The minimum atomic E-state index is -0.762. The molecule has 0 aromatic heterocycles. The minimum absolute atomic E-state index is 0.166. The smallest absolute Gasteiger partial charge is 0.127 e. The molecule has 0 saturated carbocycles. The lowest BCUT2D eigenvalue weighted by atomic mass is 9.67. The van der Waals surface area contributed by atoms with Gasteiger partial charge in [0.1, 0.15) is 11.5 Å². The van der Waals surface area contributed by atoms with Crippen molar-refractivity contribution < 1.29 is 4.74 Å². The van der Waals surface area contributed by atoms with E-state index in [9.17, 15) is 0 Å². The molecule has 2 unspecified atom stereocenters. The molecule has 0 N–H and O–H groups in total. The summed E-state index contributed by atoms with van der Waals surface area (Å²) >= 11 is 0. The zero-order valence-electron chi connectivity index (χ0n) is 68.9. The van der Waals surface area contributed by atoms with Gasteiger partial charge in [0.25, 0.3) is 0 Å². The van der Waals surface area contributed by atoms with E-state index >= 15 is 0 Å². The van der Waals surface area contributed by atoms with E-state index in [1.165, 1.54) is 141 Å². The lowest BCUT2D eigenvalue weighted by Gasteiger charge is -2.34. The predicted octanol–water partition coefficient (Wildman–Crippen LogP) is 31.5. The van der Waals surface area contributed by atoms with E-state index in [0.717, 1.165) is 86.3 Å². The highest BCUT2D eigenvalue weighted by Gasteiger charge is 2.47. The van der Waals surface area contributed by atoms with Gasteiger partial charge in [0.15, 0.2) is 0 Å². The zero-order chi connectivity index (χ0) is 80.8. The molecule has 0 spiro atoms. The number of aryl methyl sites for hydroxylation is 2. The Balaban J connectivity index is 0.642. The van der Waals surface area contributed by atoms with Gasteiger partial charge in [-0.2, -0.15) is 0 Å². The van der Waals surface area contributed by atoms with E-state index < -0.39 is 5.41 Å². The fourth-order valence-corrected chi connectivity index (χ4v) is 20.4. The van der Waals surface area contributed by atoms with Gasteiger partial charge < -0.3 is 14.5 Å². The zero-order valence-corrected chi connectivity index (χ0v) is 68.9. The maximum Gasteiger partial charge on any atom is 0.127 e. The predicted molar refractivity (Wildman–Crippen MR) is 502 cm³/mol. The van der Waals surface area contributed by atoms with Crippen LogP contribution >= 0.6 is 0 Å². The molecule has 0 saturated heterocycles. The Bertz CT molecular complexity index is 6420. The Morgan fingerprint density at radius 3 is 1.02 bits per heavy atom. The van der Waals surface area contributed by atoms with Crippen LogP contribution in [0.4, 0.5) is 34.1 Å². The third-order valence-electron chi connectivity index (χ3n) is 27.1. The van der Waals surface area contributed by atoms with Crippen LogP contribution in [0.25, 0.3) is 89.0 Å². The number of hydrogen-bond acceptors (Lipinski definition) is 3. The van der Waals surface area contributed by atoms with Crippen LogP contribution in [-0.4, -0.2) is 0 Å². The van der Waals surface area contributed by atoms with Crippen molar-refractivity contribution in [1.82, 2.24) is 0 Å². The lowest BCUT2D eigenvalue weighted by molar-refractivity contribution is 0.481. The third kappa shape index (κ3) is 12.8. The number of ether oxygens (including phenoxy) is 1. The van der Waals surface area contributed by atoms with Crippen molar-refractivity contribution in [3.05, 3.63) is 467 Å². The Morgan fingerprint density at radius 2 is 0.592 bits per heavy atom. The summed E-state index contributed by atoms with van der Waals surface area (Å²) in [4.78, 5) is 4.86. The van der Waals surface area contributed by atoms with Crippen LogP contribution in [0.5, 0.6) is 11.5 Å². The van der Waals surface area contributed by atoms with Crippen LogP contribution in [0.1, 0.15) is 133 Å². The molecule has 17 aromatic rings. The van der Waals surface area contributed by atoms with E-state index in [0.29, 0.717) is 11.8 Å². The van der Waals surface area contributed by atoms with Gasteiger partial charge in [-0.1, -0.05) is 333 Å². The molecule has 0 amide bonds. The molecular formula is C117H94N2O. The maximum atomic E-state index is 6.90. The number of nitrogens with zero attached hydrogens (tertiary/aromatic N) is 2. The van der Waals surface area contributed by atoms with E-state index in [2.05, 4.69) is 452 Å². The van der Waals surface area contributed by atoms with Crippen molar-refractivity contribution in [1.29, 1.82) is 0 Å². The molecule has 3 nitrogen and oxygen atoms in total. The standard InChI is InChI=1S/C117H94N2O/c1-7-78(71-77(2)79-31-33-85(34-32-79)89-37-35-86-36-38-90(86)72-89)82-47-63-101(64-48-82)120-102-65-51-94(52-66-102)117(93-25-15-10-16-26-93)113-73-91(87-43-57-97(58-44-87)118(95-53-39-83(40-54-95)80-21-11-8-12-22-80)99-61-69-105-103-27-17-19-29-109(103)115(3,4)111(105)75-99)49-67-107(113)108-68-50-92(74-114(108)117)88-45-59-98(60-46-88)119(96-55-41-84(42-56-96)81-23-13-9-14-24-81)100-62-70-106-104-28-18-20-30-110(104)116(5,6)112(106)76-100/h8-35,37,39-70,72-78H,7,36,38,71H2,1-6H3. The van der Waals surface area contributed by atoms with Gasteiger partial charge in [-0.25, -0.2) is 0 Å². The number of rotatable bonds is 20. The van der Waals surface area contributed by atoms with Crippen LogP contribution < -0.4 is 14.5 Å². The fourth-order valence-electron chi connectivity index (χ4n) is 20.4. The molecule has 120 heavy (non-hydrogen) atoms. The van der Waals surface area contributed by atoms with Crippen molar-refractivity contribution in [3.63, 3.8) is 0 Å². The SMILES string of the molecule is CCC(CC(C)c1ccc(-c2ccc3c(c2)CC3)cc1)c1ccc(Oc2ccc(C3(c4ccccc4)c4cc(-c5ccc(N(c6ccc(-c7ccccc7)cc6)c6ccc7c(c6)C(C)(C)c6ccccc6-7)cc5)ccc4-c4ccc(-c5ccc(N(c6ccc(-c7ccccc7)cc6)c6ccc7c(c6)C(C)(C)c6ccccc6-7)cc5)cc43)cc2)cc1. The second-order valence-electron chi connectivity index (χ2n) is 34.6. The molecule has 0 radical (unpaired) electrons. The summed E-state index contributed by atoms with van der Waals surface area (Å²) in [5, 5.41) is 0. The van der Waals surface area contributed by atoms with Crippen molar-refractivity contribution in [3.8, 4) is 101 Å². The first-order valence-corrected chi connectivity index (χ1v) is 42.9. The maximum absolute atomic E-state index is 6.90. The minimum Gasteiger partial charge on any atom is -0.457 e. The Kier molecular flexibility index (Phi) is 18.4. The van der Waals surface area contributed by atoms with Gasteiger partial charge in [-0.3, -0.25) is 0 Å². The fraction of sp³-hybridized carbons (Fsp3) is 0.128. The highest BCUT2D eigenvalue weighted by Crippen LogP contribution is 2.59. The van der Waals surface area contributed by atoms with Crippen molar-refractivity contribution in [2.75, 3.05) is 9.80 Å². The molecule has 4 aliphatic rings. The van der Waals surface area contributed by atoms with Crippen LogP contribution in [-0.2, 0) is 29.1 Å². The van der Waals surface area contributed by atoms with Gasteiger partial charge in [-0.05, 0) is 302 Å². The average molecular weight is 1540 g/mol. The summed E-state index contributed by atoms with van der Waals surface area (Å²) in [6.07, 6.45) is 4.53. The summed E-state index contributed by atoms with van der Waals surface area (Å²) in [7, 11) is 0. The van der Waals surface area contributed by atoms with Gasteiger partial charge in [0, 0.05) is 45.0 Å². The summed E-state index contributed by atoms with van der Waals surface area (Å²) in [6.45, 7) is 14.2. The molecule has 17 aromatic carbocycles.